The molecule has 14 heavy (non-hydrogen) atoms. The van der Waals surface area contributed by atoms with Crippen LogP contribution in [0.3, 0.4) is 0 Å². The Morgan fingerprint density at radius 1 is 1.43 bits per heavy atom. The summed E-state index contributed by atoms with van der Waals surface area (Å²) in [6.07, 6.45) is 0. The molecule has 0 unspecified atom stereocenters. The Morgan fingerprint density at radius 2 is 2.21 bits per heavy atom. The van der Waals surface area contributed by atoms with Gasteiger partial charge in [0.15, 0.2) is 5.82 Å². The van der Waals surface area contributed by atoms with Gasteiger partial charge >= 0.3 is 0 Å². The first-order valence-corrected chi connectivity index (χ1v) is 3.92. The Bertz CT molecular complexity index is 468. The highest BCUT2D eigenvalue weighted by atomic mass is 19.1. The lowest BCUT2D eigenvalue weighted by Crippen LogP contribution is -1.99. The molecule has 1 heterocycles. The highest BCUT2D eigenvalue weighted by Gasteiger charge is 2.08. The predicted molar refractivity (Wildman–Crippen MR) is 45.5 cm³/mol. The molecule has 0 saturated heterocycles. The van der Waals surface area contributed by atoms with Gasteiger partial charge in [0.2, 0.25) is 0 Å². The van der Waals surface area contributed by atoms with Crippen LogP contribution in [-0.2, 0) is 0 Å². The molecule has 0 aliphatic rings. The number of phenolic OH excluding ortho intramolecular Hbond substituents is 1. The molecule has 0 fully saturated rings. The topological polar surface area (TPSA) is 63.8 Å². The number of halogens is 1. The van der Waals surface area contributed by atoms with E-state index in [4.69, 9.17) is 0 Å². The van der Waals surface area contributed by atoms with Crippen molar-refractivity contribution in [3.63, 3.8) is 0 Å². The molecule has 2 aromatic rings. The van der Waals surface area contributed by atoms with E-state index in [1.807, 2.05) is 0 Å². The summed E-state index contributed by atoms with van der Waals surface area (Å²) < 4.78 is 14.0. The van der Waals surface area contributed by atoms with Gasteiger partial charge in [0, 0.05) is 6.07 Å². The van der Waals surface area contributed by atoms with Crippen LogP contribution in [0.5, 0.6) is 5.75 Å². The minimum atomic E-state index is -0.503. The Morgan fingerprint density at radius 3 is 2.79 bits per heavy atom. The lowest BCUT2D eigenvalue weighted by atomic mass is 10.3. The molecule has 1 aromatic heterocycles. The molecule has 0 radical (unpaired) electrons. The second-order valence-electron chi connectivity index (χ2n) is 2.77. The number of aromatic nitrogens is 4. The van der Waals surface area contributed by atoms with E-state index in [0.717, 1.165) is 6.07 Å². The monoisotopic (exact) mass is 194 g/mol. The molecule has 0 bridgehead atoms. The van der Waals surface area contributed by atoms with Crippen LogP contribution < -0.4 is 0 Å². The van der Waals surface area contributed by atoms with Gasteiger partial charge in [-0.1, -0.05) is 0 Å². The molecule has 1 N–H and O–H groups in total. The Labute approximate surface area is 78.8 Å². The highest BCUT2D eigenvalue weighted by molar-refractivity contribution is 5.45. The molecule has 1 aromatic carbocycles. The average Bonchev–Trinajstić information content (AvgIpc) is 2.52. The number of aromatic hydroxyl groups is 1. The second kappa shape index (κ2) is 3.06. The summed E-state index contributed by atoms with van der Waals surface area (Å²) >= 11 is 0. The number of phenols is 1. The summed E-state index contributed by atoms with van der Waals surface area (Å²) in [4.78, 5) is 0. The molecular formula is C8H7FN4O. The van der Waals surface area contributed by atoms with Crippen LogP contribution in [0.4, 0.5) is 4.39 Å². The summed E-state index contributed by atoms with van der Waals surface area (Å²) in [5.41, 5.74) is 0.355. The largest absolute Gasteiger partial charge is 0.506 e. The minimum absolute atomic E-state index is 0.194. The van der Waals surface area contributed by atoms with Crippen molar-refractivity contribution in [3.05, 3.63) is 29.8 Å². The van der Waals surface area contributed by atoms with Crippen molar-refractivity contribution < 1.29 is 9.50 Å². The van der Waals surface area contributed by atoms with Crippen LogP contribution in [0.15, 0.2) is 18.2 Å². The number of benzene rings is 1. The number of nitrogens with zero attached hydrogens (tertiary/aromatic N) is 4. The molecular weight excluding hydrogens is 187 g/mol. The van der Waals surface area contributed by atoms with Crippen LogP contribution >= 0.6 is 0 Å². The predicted octanol–water partition coefficient (Wildman–Crippen LogP) is 0.815. The van der Waals surface area contributed by atoms with E-state index >= 15 is 0 Å². The molecule has 0 atom stereocenters. The first-order valence-electron chi connectivity index (χ1n) is 3.92. The summed E-state index contributed by atoms with van der Waals surface area (Å²) in [5, 5.41) is 20.2. The van der Waals surface area contributed by atoms with E-state index in [1.165, 1.54) is 16.8 Å². The van der Waals surface area contributed by atoms with Crippen LogP contribution in [0.2, 0.25) is 0 Å². The maximum atomic E-state index is 12.7. The number of tetrazole rings is 1. The number of aryl methyl sites for hydroxylation is 1. The Kier molecular flexibility index (Phi) is 1.88. The number of hydrogen-bond donors (Lipinski definition) is 1. The maximum absolute atomic E-state index is 12.7. The lowest BCUT2D eigenvalue weighted by Gasteiger charge is -2.03. The molecule has 6 heteroatoms. The zero-order valence-corrected chi connectivity index (χ0v) is 7.35. The molecule has 0 aliphatic carbocycles. The van der Waals surface area contributed by atoms with Crippen molar-refractivity contribution in [1.29, 1.82) is 0 Å². The third-order valence-corrected chi connectivity index (χ3v) is 1.79. The first-order chi connectivity index (χ1) is 6.68. The van der Waals surface area contributed by atoms with E-state index in [-0.39, 0.29) is 5.75 Å². The van der Waals surface area contributed by atoms with E-state index in [0.29, 0.717) is 11.5 Å². The van der Waals surface area contributed by atoms with Crippen molar-refractivity contribution in [2.75, 3.05) is 0 Å². The maximum Gasteiger partial charge on any atom is 0.153 e. The molecule has 0 spiro atoms. The van der Waals surface area contributed by atoms with E-state index in [1.54, 1.807) is 6.92 Å². The van der Waals surface area contributed by atoms with Gasteiger partial charge in [0.05, 0.1) is 0 Å². The summed E-state index contributed by atoms with van der Waals surface area (Å²) in [5.74, 6) is -0.177. The van der Waals surface area contributed by atoms with Gasteiger partial charge in [-0.3, -0.25) is 0 Å². The van der Waals surface area contributed by atoms with Crippen molar-refractivity contribution >= 4 is 0 Å². The van der Waals surface area contributed by atoms with E-state index in [2.05, 4.69) is 15.5 Å². The van der Waals surface area contributed by atoms with Gasteiger partial charge in [-0.25, -0.2) is 4.39 Å². The van der Waals surface area contributed by atoms with Crippen LogP contribution in [0.25, 0.3) is 5.69 Å². The molecule has 2 rings (SSSR count). The van der Waals surface area contributed by atoms with E-state index in [9.17, 15) is 9.50 Å². The quantitative estimate of drug-likeness (QED) is 0.729. The van der Waals surface area contributed by atoms with Gasteiger partial charge in [0.25, 0.3) is 0 Å². The van der Waals surface area contributed by atoms with Gasteiger partial charge in [0.1, 0.15) is 17.3 Å². The third kappa shape index (κ3) is 1.30. The molecule has 0 amide bonds. The zero-order chi connectivity index (χ0) is 10.1. The average molecular weight is 194 g/mol. The second-order valence-corrected chi connectivity index (χ2v) is 2.77. The van der Waals surface area contributed by atoms with Crippen LogP contribution in [0, 0.1) is 12.7 Å². The first kappa shape index (κ1) is 8.61. The van der Waals surface area contributed by atoms with Gasteiger partial charge in [-0.2, -0.15) is 4.68 Å². The van der Waals surface area contributed by atoms with Crippen LogP contribution in [-0.4, -0.2) is 25.3 Å². The Hall–Kier alpha value is -1.98. The minimum Gasteiger partial charge on any atom is -0.506 e. The summed E-state index contributed by atoms with van der Waals surface area (Å²) in [6, 6.07) is 3.65. The van der Waals surface area contributed by atoms with E-state index < -0.39 is 5.82 Å². The molecule has 0 aliphatic heterocycles. The molecule has 72 valence electrons. The zero-order valence-electron chi connectivity index (χ0n) is 7.35. The fourth-order valence-electron chi connectivity index (χ4n) is 1.13. The number of hydrogen-bond acceptors (Lipinski definition) is 4. The fraction of sp³-hybridized carbons (Fsp3) is 0.125. The lowest BCUT2D eigenvalue weighted by molar-refractivity contribution is 0.463. The van der Waals surface area contributed by atoms with Gasteiger partial charge in [-0.05, 0) is 29.5 Å². The normalized spacial score (nSPS) is 10.4. The van der Waals surface area contributed by atoms with Crippen molar-refractivity contribution in [2.45, 2.75) is 6.92 Å². The van der Waals surface area contributed by atoms with Gasteiger partial charge < -0.3 is 5.11 Å². The third-order valence-electron chi connectivity index (χ3n) is 1.79. The SMILES string of the molecule is Cc1nnnn1-c1ccc(F)cc1O. The Balaban J connectivity index is 2.58. The molecule has 5 nitrogen and oxygen atoms in total. The summed E-state index contributed by atoms with van der Waals surface area (Å²) in [6.45, 7) is 1.68. The van der Waals surface area contributed by atoms with Crippen molar-refractivity contribution in [1.82, 2.24) is 20.2 Å². The number of rotatable bonds is 1. The standard InChI is InChI=1S/C8H7FN4O/c1-5-10-11-12-13(5)7-3-2-6(9)4-8(7)14/h2-4,14H,1H3. The van der Waals surface area contributed by atoms with Crippen molar-refractivity contribution in [3.8, 4) is 11.4 Å². The fourth-order valence-corrected chi connectivity index (χ4v) is 1.13. The molecule has 0 saturated carbocycles. The summed E-state index contributed by atoms with van der Waals surface area (Å²) in [7, 11) is 0. The van der Waals surface area contributed by atoms with Gasteiger partial charge in [-0.15, -0.1) is 5.10 Å². The van der Waals surface area contributed by atoms with Crippen LogP contribution in [0.1, 0.15) is 5.82 Å². The smallest absolute Gasteiger partial charge is 0.153 e. The highest BCUT2D eigenvalue weighted by Crippen LogP contribution is 2.21. The van der Waals surface area contributed by atoms with Crippen molar-refractivity contribution in [2.24, 2.45) is 0 Å².